The molecule has 6 heteroatoms. The molecule has 0 radical (unpaired) electrons. The van der Waals surface area contributed by atoms with Crippen LogP contribution in [0.15, 0.2) is 53.3 Å². The summed E-state index contributed by atoms with van der Waals surface area (Å²) in [5.74, 6) is -0.0238. The second kappa shape index (κ2) is 10.4. The van der Waals surface area contributed by atoms with E-state index in [2.05, 4.69) is 48.5 Å². The SMILES string of the molecule is CC[NH+](CC)Cc1ccc(CNC(=O)c2nn(CC(C)C)c(=O)c3ccccc23)cc1. The number of quaternary nitrogens is 1. The molecule has 0 bridgehead atoms. The molecule has 1 heterocycles. The molecule has 0 aliphatic rings. The normalized spacial score (nSPS) is 11.4. The summed E-state index contributed by atoms with van der Waals surface area (Å²) in [5.41, 5.74) is 2.46. The van der Waals surface area contributed by atoms with Gasteiger partial charge >= 0.3 is 0 Å². The first-order valence-corrected chi connectivity index (χ1v) is 11.1. The summed E-state index contributed by atoms with van der Waals surface area (Å²) in [6, 6.07) is 15.5. The molecule has 0 unspecified atom stereocenters. The molecule has 31 heavy (non-hydrogen) atoms. The van der Waals surface area contributed by atoms with Crippen molar-refractivity contribution in [1.82, 2.24) is 15.1 Å². The Labute approximate surface area is 183 Å². The van der Waals surface area contributed by atoms with Crippen molar-refractivity contribution >= 4 is 16.7 Å². The van der Waals surface area contributed by atoms with Gasteiger partial charge in [-0.3, -0.25) is 9.59 Å². The number of fused-ring (bicyclic) bond motifs is 1. The Balaban J connectivity index is 1.77. The molecule has 2 N–H and O–H groups in total. The van der Waals surface area contributed by atoms with Gasteiger partial charge in [-0.2, -0.15) is 5.10 Å². The number of hydrogen-bond donors (Lipinski definition) is 2. The van der Waals surface area contributed by atoms with Crippen LogP contribution in [0, 0.1) is 5.92 Å². The molecule has 0 fully saturated rings. The first kappa shape index (κ1) is 22.7. The minimum atomic E-state index is -0.273. The van der Waals surface area contributed by atoms with Crippen molar-refractivity contribution < 1.29 is 9.69 Å². The van der Waals surface area contributed by atoms with E-state index in [1.807, 2.05) is 26.0 Å². The summed E-state index contributed by atoms with van der Waals surface area (Å²) in [5, 5.41) is 8.48. The second-order valence-electron chi connectivity index (χ2n) is 8.41. The van der Waals surface area contributed by atoms with Gasteiger partial charge in [0.1, 0.15) is 6.54 Å². The van der Waals surface area contributed by atoms with Gasteiger partial charge in [0.15, 0.2) is 5.69 Å². The fraction of sp³-hybridized carbons (Fsp3) is 0.400. The molecule has 3 rings (SSSR count). The van der Waals surface area contributed by atoms with Crippen LogP contribution in [0.3, 0.4) is 0 Å². The van der Waals surface area contributed by atoms with Gasteiger partial charge in [-0.05, 0) is 31.4 Å². The first-order chi connectivity index (χ1) is 14.9. The molecule has 0 aliphatic carbocycles. The lowest BCUT2D eigenvalue weighted by Gasteiger charge is -2.15. The number of carbonyl (C=O) groups excluding carboxylic acids is 1. The van der Waals surface area contributed by atoms with Gasteiger partial charge in [-0.1, -0.05) is 56.3 Å². The number of nitrogens with zero attached hydrogens (tertiary/aromatic N) is 2. The summed E-state index contributed by atoms with van der Waals surface area (Å²) >= 11 is 0. The predicted molar refractivity (Wildman–Crippen MR) is 124 cm³/mol. The van der Waals surface area contributed by atoms with Crippen LogP contribution in [0.25, 0.3) is 10.8 Å². The maximum absolute atomic E-state index is 13.0. The lowest BCUT2D eigenvalue weighted by Crippen LogP contribution is -3.10. The molecule has 0 saturated heterocycles. The average Bonchev–Trinajstić information content (AvgIpc) is 2.78. The van der Waals surface area contributed by atoms with Crippen molar-refractivity contribution in [2.75, 3.05) is 13.1 Å². The standard InChI is InChI=1S/C25H32N4O2/c1-5-28(6-2)17-20-13-11-19(12-14-20)15-26-24(30)23-21-9-7-8-10-22(21)25(31)29(27-23)16-18(3)4/h7-14,18H,5-6,15-17H2,1-4H3,(H,26,30)/p+1. The van der Waals surface area contributed by atoms with Crippen LogP contribution < -0.4 is 15.8 Å². The molecular formula is C25H33N4O2+. The molecular weight excluding hydrogens is 388 g/mol. The Hall–Kier alpha value is -2.99. The van der Waals surface area contributed by atoms with Crippen LogP contribution in [0.2, 0.25) is 0 Å². The minimum absolute atomic E-state index is 0.160. The molecule has 0 atom stereocenters. The number of benzene rings is 2. The molecule has 1 amide bonds. The highest BCUT2D eigenvalue weighted by Crippen LogP contribution is 2.14. The van der Waals surface area contributed by atoms with Gasteiger partial charge in [0.25, 0.3) is 11.5 Å². The molecule has 0 spiro atoms. The second-order valence-corrected chi connectivity index (χ2v) is 8.41. The quantitative estimate of drug-likeness (QED) is 0.558. The Bertz CT molecular complexity index is 1080. The Kier molecular flexibility index (Phi) is 7.58. The highest BCUT2D eigenvalue weighted by atomic mass is 16.2. The third kappa shape index (κ3) is 5.58. The zero-order valence-electron chi connectivity index (χ0n) is 18.9. The summed E-state index contributed by atoms with van der Waals surface area (Å²) in [6.07, 6.45) is 0. The summed E-state index contributed by atoms with van der Waals surface area (Å²) in [6.45, 7) is 12.5. The topological polar surface area (TPSA) is 68.4 Å². The molecule has 2 aromatic carbocycles. The van der Waals surface area contributed by atoms with E-state index in [0.29, 0.717) is 23.9 Å². The van der Waals surface area contributed by atoms with Gasteiger partial charge in [0.05, 0.1) is 18.5 Å². The summed E-state index contributed by atoms with van der Waals surface area (Å²) in [4.78, 5) is 27.3. The number of rotatable bonds is 9. The van der Waals surface area contributed by atoms with Crippen LogP contribution in [0.1, 0.15) is 49.3 Å². The fourth-order valence-electron chi connectivity index (χ4n) is 3.70. The van der Waals surface area contributed by atoms with E-state index in [-0.39, 0.29) is 23.1 Å². The van der Waals surface area contributed by atoms with Crippen LogP contribution >= 0.6 is 0 Å². The van der Waals surface area contributed by atoms with Crippen molar-refractivity contribution in [3.63, 3.8) is 0 Å². The number of carbonyl (C=O) groups is 1. The van der Waals surface area contributed by atoms with E-state index >= 15 is 0 Å². The number of amides is 1. The molecule has 164 valence electrons. The lowest BCUT2D eigenvalue weighted by atomic mass is 10.1. The molecule has 3 aromatic rings. The third-order valence-electron chi connectivity index (χ3n) is 5.55. The largest absolute Gasteiger partial charge is 0.347 e. The number of hydrogen-bond acceptors (Lipinski definition) is 3. The Morgan fingerprint density at radius 3 is 2.23 bits per heavy atom. The van der Waals surface area contributed by atoms with Gasteiger partial charge in [-0.25, -0.2) is 4.68 Å². The van der Waals surface area contributed by atoms with Crippen molar-refractivity contribution in [3.05, 3.63) is 75.7 Å². The van der Waals surface area contributed by atoms with Crippen molar-refractivity contribution in [1.29, 1.82) is 0 Å². The van der Waals surface area contributed by atoms with Crippen molar-refractivity contribution in [3.8, 4) is 0 Å². The van der Waals surface area contributed by atoms with E-state index in [4.69, 9.17) is 0 Å². The zero-order valence-corrected chi connectivity index (χ0v) is 18.9. The van der Waals surface area contributed by atoms with E-state index < -0.39 is 0 Å². The van der Waals surface area contributed by atoms with Crippen LogP contribution in [-0.2, 0) is 19.6 Å². The predicted octanol–water partition coefficient (Wildman–Crippen LogP) is 2.41. The molecule has 1 aromatic heterocycles. The van der Waals surface area contributed by atoms with Gasteiger partial charge in [0, 0.05) is 24.0 Å². The molecule has 6 nitrogen and oxygen atoms in total. The highest BCUT2D eigenvalue weighted by Gasteiger charge is 2.17. The Morgan fingerprint density at radius 1 is 1.00 bits per heavy atom. The summed E-state index contributed by atoms with van der Waals surface area (Å²) < 4.78 is 1.41. The van der Waals surface area contributed by atoms with Gasteiger partial charge in [0.2, 0.25) is 0 Å². The molecule has 0 aliphatic heterocycles. The minimum Gasteiger partial charge on any atom is -0.347 e. The lowest BCUT2D eigenvalue weighted by molar-refractivity contribution is -0.910. The van der Waals surface area contributed by atoms with Crippen molar-refractivity contribution in [2.45, 2.75) is 47.3 Å². The number of aromatic nitrogens is 2. The average molecular weight is 422 g/mol. The fourth-order valence-corrected chi connectivity index (χ4v) is 3.70. The van der Waals surface area contributed by atoms with E-state index in [1.165, 1.54) is 15.1 Å². The van der Waals surface area contributed by atoms with Crippen LogP contribution in [-0.4, -0.2) is 28.8 Å². The van der Waals surface area contributed by atoms with Crippen LogP contribution in [0.4, 0.5) is 0 Å². The van der Waals surface area contributed by atoms with E-state index in [0.717, 1.165) is 25.2 Å². The summed E-state index contributed by atoms with van der Waals surface area (Å²) in [7, 11) is 0. The third-order valence-corrected chi connectivity index (χ3v) is 5.55. The number of nitrogens with one attached hydrogen (secondary N) is 2. The van der Waals surface area contributed by atoms with E-state index in [9.17, 15) is 9.59 Å². The maximum atomic E-state index is 13.0. The smallest absolute Gasteiger partial charge is 0.274 e. The highest BCUT2D eigenvalue weighted by molar-refractivity contribution is 6.04. The van der Waals surface area contributed by atoms with Crippen LogP contribution in [0.5, 0.6) is 0 Å². The molecule has 0 saturated carbocycles. The zero-order chi connectivity index (χ0) is 22.4. The Morgan fingerprint density at radius 2 is 1.61 bits per heavy atom. The van der Waals surface area contributed by atoms with Gasteiger partial charge in [-0.15, -0.1) is 0 Å². The van der Waals surface area contributed by atoms with Gasteiger partial charge < -0.3 is 10.2 Å². The monoisotopic (exact) mass is 421 g/mol. The van der Waals surface area contributed by atoms with E-state index in [1.54, 1.807) is 12.1 Å². The first-order valence-electron chi connectivity index (χ1n) is 11.1. The maximum Gasteiger partial charge on any atom is 0.274 e. The van der Waals surface area contributed by atoms with Crippen molar-refractivity contribution in [2.24, 2.45) is 5.92 Å².